The molecule has 0 radical (unpaired) electrons. The summed E-state index contributed by atoms with van der Waals surface area (Å²) in [6.45, 7) is 1.75. The minimum atomic E-state index is -0.901. The lowest BCUT2D eigenvalue weighted by atomic mass is 10.0. The summed E-state index contributed by atoms with van der Waals surface area (Å²) in [5.74, 6) is -2.04. The number of H-pyrrole nitrogens is 1. The standard InChI is InChI=1S/C18H12Cl2FN3O2/c1-9-13(3-2-6-22-9)24-18(26)14-7-10(8-23-14)17(25)15-11(19)4-5-12(20)16(15)21/h2-8,23H,1H3,(H,24,26). The van der Waals surface area contributed by atoms with Crippen molar-refractivity contribution in [3.05, 3.63) is 81.1 Å². The highest BCUT2D eigenvalue weighted by molar-refractivity contribution is 6.37. The van der Waals surface area contributed by atoms with E-state index in [4.69, 9.17) is 23.2 Å². The second-order valence-electron chi connectivity index (χ2n) is 5.44. The van der Waals surface area contributed by atoms with Crippen LogP contribution in [0.1, 0.15) is 32.1 Å². The van der Waals surface area contributed by atoms with Gasteiger partial charge >= 0.3 is 0 Å². The summed E-state index contributed by atoms with van der Waals surface area (Å²) in [6.07, 6.45) is 2.92. The SMILES string of the molecule is Cc1ncccc1NC(=O)c1cc(C(=O)c2c(Cl)ccc(Cl)c2F)c[nH]1. The Bertz CT molecular complexity index is 1020. The van der Waals surface area contributed by atoms with Crippen molar-refractivity contribution in [1.29, 1.82) is 0 Å². The number of aromatic amines is 1. The Hall–Kier alpha value is -2.70. The molecule has 5 nitrogen and oxygen atoms in total. The molecule has 0 saturated heterocycles. The van der Waals surface area contributed by atoms with Gasteiger partial charge in [0, 0.05) is 18.0 Å². The fourth-order valence-electron chi connectivity index (χ4n) is 2.34. The highest BCUT2D eigenvalue weighted by atomic mass is 35.5. The molecule has 0 fully saturated rings. The number of anilines is 1. The first-order chi connectivity index (χ1) is 12.4. The van der Waals surface area contributed by atoms with Gasteiger partial charge in [-0.3, -0.25) is 14.6 Å². The van der Waals surface area contributed by atoms with Gasteiger partial charge in [0.1, 0.15) is 5.69 Å². The predicted molar refractivity (Wildman–Crippen MR) is 97.6 cm³/mol. The van der Waals surface area contributed by atoms with E-state index in [9.17, 15) is 14.0 Å². The van der Waals surface area contributed by atoms with Gasteiger partial charge in [-0.2, -0.15) is 0 Å². The summed E-state index contributed by atoms with van der Waals surface area (Å²) in [4.78, 5) is 31.6. The van der Waals surface area contributed by atoms with Crippen LogP contribution in [-0.4, -0.2) is 21.7 Å². The second kappa shape index (κ2) is 7.27. The summed E-state index contributed by atoms with van der Waals surface area (Å²) < 4.78 is 14.2. The van der Waals surface area contributed by atoms with Gasteiger partial charge in [0.25, 0.3) is 5.91 Å². The Kier molecular flexibility index (Phi) is 5.06. The van der Waals surface area contributed by atoms with E-state index in [0.29, 0.717) is 11.4 Å². The molecular weight excluding hydrogens is 380 g/mol. The van der Waals surface area contributed by atoms with Crippen molar-refractivity contribution in [2.24, 2.45) is 0 Å². The number of aryl methyl sites for hydroxylation is 1. The summed E-state index contributed by atoms with van der Waals surface area (Å²) in [6, 6.07) is 7.32. The zero-order chi connectivity index (χ0) is 18.8. The maximum Gasteiger partial charge on any atom is 0.272 e. The molecule has 2 aromatic heterocycles. The molecule has 0 bridgehead atoms. The molecule has 0 aliphatic carbocycles. The zero-order valence-corrected chi connectivity index (χ0v) is 15.0. The number of hydrogen-bond donors (Lipinski definition) is 2. The quantitative estimate of drug-likeness (QED) is 0.502. The second-order valence-corrected chi connectivity index (χ2v) is 6.25. The van der Waals surface area contributed by atoms with E-state index in [2.05, 4.69) is 15.3 Å². The van der Waals surface area contributed by atoms with Gasteiger partial charge in [0.15, 0.2) is 11.6 Å². The first kappa shape index (κ1) is 18.1. The van der Waals surface area contributed by atoms with Crippen LogP contribution in [0.5, 0.6) is 0 Å². The van der Waals surface area contributed by atoms with Gasteiger partial charge in [-0.05, 0) is 37.3 Å². The molecular formula is C18H12Cl2FN3O2. The van der Waals surface area contributed by atoms with Crippen LogP contribution >= 0.6 is 23.2 Å². The lowest BCUT2D eigenvalue weighted by Crippen LogP contribution is -2.13. The van der Waals surface area contributed by atoms with Crippen LogP contribution in [0.3, 0.4) is 0 Å². The number of ketones is 1. The normalized spacial score (nSPS) is 10.6. The van der Waals surface area contributed by atoms with E-state index >= 15 is 0 Å². The number of rotatable bonds is 4. The summed E-state index contributed by atoms with van der Waals surface area (Å²) in [7, 11) is 0. The van der Waals surface area contributed by atoms with Crippen molar-refractivity contribution in [2.45, 2.75) is 6.92 Å². The van der Waals surface area contributed by atoms with Crippen LogP contribution in [0.4, 0.5) is 10.1 Å². The van der Waals surface area contributed by atoms with Gasteiger partial charge in [0.05, 0.1) is 27.0 Å². The van der Waals surface area contributed by atoms with Crippen molar-refractivity contribution in [2.75, 3.05) is 5.32 Å². The highest BCUT2D eigenvalue weighted by Gasteiger charge is 2.22. The molecule has 0 saturated carbocycles. The van der Waals surface area contributed by atoms with Crippen LogP contribution in [0, 0.1) is 12.7 Å². The van der Waals surface area contributed by atoms with Gasteiger partial charge in [0.2, 0.25) is 0 Å². The third-order valence-corrected chi connectivity index (χ3v) is 4.32. The number of nitrogens with zero attached hydrogens (tertiary/aromatic N) is 1. The molecule has 0 unspecified atom stereocenters. The summed E-state index contributed by atoms with van der Waals surface area (Å²) in [5, 5.41) is 2.42. The Balaban J connectivity index is 1.86. The number of aromatic nitrogens is 2. The molecule has 3 aromatic rings. The lowest BCUT2D eigenvalue weighted by Gasteiger charge is -2.06. The summed E-state index contributed by atoms with van der Waals surface area (Å²) in [5.41, 5.74) is 1.07. The van der Waals surface area contributed by atoms with E-state index < -0.39 is 17.5 Å². The van der Waals surface area contributed by atoms with E-state index in [1.165, 1.54) is 24.4 Å². The number of hydrogen-bond acceptors (Lipinski definition) is 3. The van der Waals surface area contributed by atoms with Gasteiger partial charge in [-0.15, -0.1) is 0 Å². The topological polar surface area (TPSA) is 74.8 Å². The van der Waals surface area contributed by atoms with Crippen molar-refractivity contribution in [3.8, 4) is 0 Å². The Morgan fingerprint density at radius 1 is 1.19 bits per heavy atom. The molecule has 0 aliphatic heterocycles. The number of pyridine rings is 1. The molecule has 26 heavy (non-hydrogen) atoms. The minimum absolute atomic E-state index is 0.0601. The minimum Gasteiger partial charge on any atom is -0.356 e. The molecule has 0 spiro atoms. The van der Waals surface area contributed by atoms with Crippen LogP contribution in [0.2, 0.25) is 10.0 Å². The Morgan fingerprint density at radius 3 is 2.65 bits per heavy atom. The molecule has 132 valence electrons. The van der Waals surface area contributed by atoms with Crippen molar-refractivity contribution >= 4 is 40.6 Å². The molecule has 3 rings (SSSR count). The Labute approximate surface area is 158 Å². The Morgan fingerprint density at radius 2 is 1.92 bits per heavy atom. The van der Waals surface area contributed by atoms with Crippen molar-refractivity contribution < 1.29 is 14.0 Å². The van der Waals surface area contributed by atoms with Crippen LogP contribution in [0.25, 0.3) is 0 Å². The number of halogens is 3. The van der Waals surface area contributed by atoms with Crippen LogP contribution < -0.4 is 5.32 Å². The highest BCUT2D eigenvalue weighted by Crippen LogP contribution is 2.28. The van der Waals surface area contributed by atoms with Crippen molar-refractivity contribution in [3.63, 3.8) is 0 Å². The molecule has 0 atom stereocenters. The monoisotopic (exact) mass is 391 g/mol. The van der Waals surface area contributed by atoms with E-state index in [-0.39, 0.29) is 26.9 Å². The number of carbonyl (C=O) groups is 2. The van der Waals surface area contributed by atoms with Gasteiger partial charge in [-0.1, -0.05) is 23.2 Å². The van der Waals surface area contributed by atoms with E-state index in [0.717, 1.165) is 0 Å². The average molecular weight is 392 g/mol. The maximum absolute atomic E-state index is 14.2. The van der Waals surface area contributed by atoms with Crippen LogP contribution in [0.15, 0.2) is 42.7 Å². The molecule has 1 aromatic carbocycles. The summed E-state index contributed by atoms with van der Waals surface area (Å²) >= 11 is 11.6. The number of nitrogens with one attached hydrogen (secondary N) is 2. The number of amides is 1. The van der Waals surface area contributed by atoms with Gasteiger partial charge in [-0.25, -0.2) is 4.39 Å². The molecule has 2 heterocycles. The largest absolute Gasteiger partial charge is 0.356 e. The fourth-order valence-corrected chi connectivity index (χ4v) is 2.73. The molecule has 1 amide bonds. The smallest absolute Gasteiger partial charge is 0.272 e. The average Bonchev–Trinajstić information content (AvgIpc) is 3.11. The third-order valence-electron chi connectivity index (χ3n) is 3.72. The molecule has 2 N–H and O–H groups in total. The molecule has 0 aliphatic rings. The van der Waals surface area contributed by atoms with Gasteiger partial charge < -0.3 is 10.3 Å². The number of benzene rings is 1. The van der Waals surface area contributed by atoms with Crippen molar-refractivity contribution in [1.82, 2.24) is 9.97 Å². The zero-order valence-electron chi connectivity index (χ0n) is 13.4. The first-order valence-corrected chi connectivity index (χ1v) is 8.23. The maximum atomic E-state index is 14.2. The number of carbonyl (C=O) groups excluding carboxylic acids is 2. The predicted octanol–water partition coefficient (Wildman–Crippen LogP) is 4.65. The lowest BCUT2D eigenvalue weighted by molar-refractivity contribution is 0.102. The first-order valence-electron chi connectivity index (χ1n) is 7.48. The van der Waals surface area contributed by atoms with Crippen LogP contribution in [-0.2, 0) is 0 Å². The van der Waals surface area contributed by atoms with E-state index in [1.54, 1.807) is 25.3 Å². The molecule has 8 heteroatoms. The fraction of sp³-hybridized carbons (Fsp3) is 0.0556. The third kappa shape index (κ3) is 3.47. The van der Waals surface area contributed by atoms with E-state index in [1.807, 2.05) is 0 Å².